The highest BCUT2D eigenvalue weighted by Crippen LogP contribution is 2.85. The van der Waals surface area contributed by atoms with Crippen molar-refractivity contribution in [3.63, 3.8) is 0 Å². The number of para-hydroxylation sites is 5. The van der Waals surface area contributed by atoms with Gasteiger partial charge in [-0.2, -0.15) is 0 Å². The lowest BCUT2D eigenvalue weighted by molar-refractivity contribution is -0.113. The molecule has 0 N–H and O–H groups in total. The number of aromatic nitrogens is 3. The molecule has 3 bridgehead atoms. The van der Waals surface area contributed by atoms with Crippen LogP contribution >= 0.6 is 0 Å². The number of anilines is 8. The minimum atomic E-state index is 0.112. The van der Waals surface area contributed by atoms with E-state index in [1.807, 2.05) is 30.7 Å². The van der Waals surface area contributed by atoms with Gasteiger partial charge in [-0.15, -0.1) is 0 Å². The highest BCUT2D eigenvalue weighted by molar-refractivity contribution is 6.11. The molecule has 10 nitrogen and oxygen atoms in total. The van der Waals surface area contributed by atoms with Gasteiger partial charge in [0.1, 0.15) is 28.6 Å². The lowest BCUT2D eigenvalue weighted by Gasteiger charge is -2.65. The van der Waals surface area contributed by atoms with Gasteiger partial charge in [0.05, 0.1) is 11.4 Å². The summed E-state index contributed by atoms with van der Waals surface area (Å²) in [5.41, 5.74) is 24.1. The number of rotatable bonds is 5. The fraction of sp³-hybridized carbons (Fsp3) is 0.477. The van der Waals surface area contributed by atoms with E-state index < -0.39 is 0 Å². The van der Waals surface area contributed by atoms with E-state index in [2.05, 4.69) is 324 Å². The van der Waals surface area contributed by atoms with E-state index >= 15 is 0 Å². The molecule has 7 aromatic carbocycles. The first-order chi connectivity index (χ1) is 57.1. The molecule has 9 atom stereocenters. The normalized spacial score (nSPS) is 27.8. The van der Waals surface area contributed by atoms with Crippen molar-refractivity contribution in [2.75, 3.05) is 24.5 Å². The van der Waals surface area contributed by atoms with Gasteiger partial charge in [-0.05, 0) is 284 Å². The topological polar surface area (TPSA) is 81.2 Å². The molecule has 12 aromatic rings. The number of hydrogen-bond donors (Lipinski definition) is 0. The predicted octanol–water partition coefficient (Wildman–Crippen LogP) is 28.5. The first-order valence-corrected chi connectivity index (χ1v) is 45.9. The SMILES string of the molecule is Cc1ccc2c(oc3ccccc32)c1N1C(C)C(C)(C)CC1(C)C.Cc1ccc2c(oc3ccccc32)c1N1C(C)C2(CCCCC2)CC1(C)C.Cc1ccccc1N1c2ncccc2C(C)(C)C1C.Cc1ccccc1N1c2ncccc2C2(C1C)C1CC3CC4CC2C1(C3)C4.Cc1ccccc1N1c2ncccc2C2(CCCCC2)C1C. The van der Waals surface area contributed by atoms with Crippen LogP contribution in [0.1, 0.15) is 244 Å². The van der Waals surface area contributed by atoms with Crippen molar-refractivity contribution >= 4 is 89.8 Å². The number of furan rings is 2. The van der Waals surface area contributed by atoms with Gasteiger partial charge in [0.25, 0.3) is 0 Å². The van der Waals surface area contributed by atoms with Crippen LogP contribution in [0, 0.1) is 74.5 Å². The third-order valence-corrected chi connectivity index (χ3v) is 33.5. The van der Waals surface area contributed by atoms with Crippen molar-refractivity contribution in [3.05, 3.63) is 245 Å². The summed E-state index contributed by atoms with van der Waals surface area (Å²) in [6.45, 7) is 42.1. The monoisotopic (exact) mass is 1580 g/mol. The zero-order chi connectivity index (χ0) is 82.8. The van der Waals surface area contributed by atoms with Crippen LogP contribution in [0.2, 0.25) is 0 Å². The molecular weight excluding hydrogens is 1450 g/mol. The smallest absolute Gasteiger partial charge is 0.158 e. The molecule has 6 aliphatic carbocycles. The first-order valence-electron chi connectivity index (χ1n) is 45.9. The summed E-state index contributed by atoms with van der Waals surface area (Å²) in [7, 11) is 0. The molecule has 10 heterocycles. The number of nitrogens with zero attached hydrogens (tertiary/aromatic N) is 8. The lowest BCUT2D eigenvalue weighted by atomic mass is 9.38. The van der Waals surface area contributed by atoms with Crippen LogP contribution in [0.15, 0.2) is 209 Å². The Labute approximate surface area is 710 Å². The maximum absolute atomic E-state index is 6.45. The Balaban J connectivity index is 0.0000000992. The number of pyridine rings is 3. The maximum Gasteiger partial charge on any atom is 0.158 e. The van der Waals surface area contributed by atoms with Crippen molar-refractivity contribution in [2.45, 2.75) is 291 Å². The Hall–Kier alpha value is -9.41. The van der Waals surface area contributed by atoms with Crippen LogP contribution in [0.3, 0.4) is 0 Å². The van der Waals surface area contributed by atoms with Crippen molar-refractivity contribution in [2.24, 2.45) is 39.9 Å². The van der Waals surface area contributed by atoms with E-state index in [1.54, 1.807) is 5.56 Å². The Morgan fingerprint density at radius 1 is 0.353 bits per heavy atom. The molecule has 8 fully saturated rings. The van der Waals surface area contributed by atoms with Crippen molar-refractivity contribution < 1.29 is 8.83 Å². The quantitative estimate of drug-likeness (QED) is 0.166. The zero-order valence-corrected chi connectivity index (χ0v) is 74.7. The summed E-state index contributed by atoms with van der Waals surface area (Å²) in [5, 5.41) is 4.90. The zero-order valence-electron chi connectivity index (χ0n) is 74.7. The number of benzene rings is 7. The predicted molar refractivity (Wildman–Crippen MR) is 497 cm³/mol. The minimum absolute atomic E-state index is 0.112. The summed E-state index contributed by atoms with van der Waals surface area (Å²) < 4.78 is 12.8. The molecule has 6 saturated carbocycles. The third kappa shape index (κ3) is 12.2. The molecule has 10 heteroatoms. The molecule has 11 aliphatic rings. The van der Waals surface area contributed by atoms with E-state index in [9.17, 15) is 0 Å². The Kier molecular flexibility index (Phi) is 19.5. The average Bonchev–Trinajstić information content (AvgIpc) is 1.46. The van der Waals surface area contributed by atoms with E-state index in [4.69, 9.17) is 18.8 Å². The summed E-state index contributed by atoms with van der Waals surface area (Å²) in [6, 6.07) is 67.6. The van der Waals surface area contributed by atoms with E-state index in [0.717, 1.165) is 51.8 Å². The highest BCUT2D eigenvalue weighted by Gasteiger charge is 2.81. The molecule has 23 rings (SSSR count). The van der Waals surface area contributed by atoms with Crippen molar-refractivity contribution in [1.29, 1.82) is 0 Å². The van der Waals surface area contributed by atoms with Crippen LogP contribution < -0.4 is 24.5 Å². The fourth-order valence-corrected chi connectivity index (χ4v) is 28.2. The van der Waals surface area contributed by atoms with Gasteiger partial charge in [-0.1, -0.05) is 200 Å². The second kappa shape index (κ2) is 29.2. The molecule has 9 unspecified atom stereocenters. The second-order valence-electron chi connectivity index (χ2n) is 41.6. The molecule has 0 amide bonds. The van der Waals surface area contributed by atoms with Crippen molar-refractivity contribution in [3.8, 4) is 0 Å². The van der Waals surface area contributed by atoms with Crippen LogP contribution in [-0.2, 0) is 16.2 Å². The van der Waals surface area contributed by atoms with Gasteiger partial charge in [0.15, 0.2) is 11.2 Å². The Morgan fingerprint density at radius 3 is 1.25 bits per heavy atom. The minimum Gasteiger partial charge on any atom is -0.454 e. The standard InChI is InChI=1S/C25H28N2.C25H31NO.C22H27NO.C20H24N2.C17H20N2/c1-15-6-3-4-8-20(15)27-16(2)25(19-7-5-9-26-23(19)27)21-11-17-10-18-12-22(25)24(21,13-17)14-18;1-17-12-13-20-19-10-6-7-11-21(19)27-23(20)22(17)26-18(2)25(16-24(26,3)4)14-8-5-9-15-25;1-14-11-12-17-16-9-7-8-10-18(16)24-20(17)19(14)23-15(2)21(3,4)13-22(23,5)6;1-15-9-4-5-11-18(15)22-16(2)20(12-6-3-7-13-20)17-10-8-14-21-19(17)22;1-12-8-5-6-10-15(12)19-13(2)17(3,4)14-9-7-11-18-16(14)19/h3-9,16-18,21-22H,10-14H2,1-2H3;6-7,10-13,18H,5,8-9,14-16H2,1-4H3;7-12,15H,13H2,1-6H3;4-5,8-11,14,16H,3,6-7,12-13H2,1-2H3;5-11,13H,1-4H3. The van der Waals surface area contributed by atoms with Crippen molar-refractivity contribution in [1.82, 2.24) is 15.0 Å². The van der Waals surface area contributed by atoms with E-state index in [-0.39, 0.29) is 21.9 Å². The fourth-order valence-electron chi connectivity index (χ4n) is 28.2. The number of aryl methyl sites for hydroxylation is 5. The van der Waals surface area contributed by atoms with Gasteiger partial charge < -0.3 is 33.3 Å². The first kappa shape index (κ1) is 79.4. The second-order valence-corrected chi connectivity index (χ2v) is 41.6. The lowest BCUT2D eigenvalue weighted by Crippen LogP contribution is -2.67. The third-order valence-electron chi connectivity index (χ3n) is 33.5. The van der Waals surface area contributed by atoms with Crippen LogP contribution in [0.4, 0.5) is 45.9 Å². The van der Waals surface area contributed by atoms with E-state index in [1.165, 1.54) is 210 Å². The van der Waals surface area contributed by atoms with Gasteiger partial charge >= 0.3 is 0 Å². The van der Waals surface area contributed by atoms with Gasteiger partial charge in [-0.3, -0.25) is 0 Å². The molecular formula is C109H130N8O2. The van der Waals surface area contributed by atoms with Crippen LogP contribution in [0.5, 0.6) is 0 Å². The van der Waals surface area contributed by atoms with Crippen LogP contribution in [-0.4, -0.2) is 56.2 Å². The van der Waals surface area contributed by atoms with Gasteiger partial charge in [0.2, 0.25) is 0 Å². The largest absolute Gasteiger partial charge is 0.454 e. The van der Waals surface area contributed by atoms with Gasteiger partial charge in [0, 0.05) is 131 Å². The molecule has 4 spiro atoms. The highest BCUT2D eigenvalue weighted by atomic mass is 16.3. The van der Waals surface area contributed by atoms with Crippen LogP contribution in [0.25, 0.3) is 43.9 Å². The van der Waals surface area contributed by atoms with Gasteiger partial charge in [-0.25, -0.2) is 15.0 Å². The number of hydrogen-bond acceptors (Lipinski definition) is 10. The summed E-state index contributed by atoms with van der Waals surface area (Å²) in [6.07, 6.45) is 29.5. The average molecular weight is 1580 g/mol. The summed E-state index contributed by atoms with van der Waals surface area (Å²) >= 11 is 0. The molecule has 119 heavy (non-hydrogen) atoms. The Morgan fingerprint density at radius 2 is 0.765 bits per heavy atom. The Bertz CT molecular complexity index is 5820. The summed E-state index contributed by atoms with van der Waals surface area (Å²) in [5.74, 6) is 7.34. The molecule has 5 aromatic heterocycles. The summed E-state index contributed by atoms with van der Waals surface area (Å²) in [4.78, 5) is 27.2. The number of fused-ring (bicyclic) bond motifs is 15. The maximum atomic E-state index is 6.45. The molecule has 0 radical (unpaired) electrons. The molecule has 2 saturated heterocycles. The molecule has 618 valence electrons. The molecule has 5 aliphatic heterocycles. The van der Waals surface area contributed by atoms with E-state index in [0.29, 0.717) is 51.9 Å².